The molecule has 30 heavy (non-hydrogen) atoms. The minimum Gasteiger partial charge on any atom is -0.379 e. The number of hydrogen-bond acceptors (Lipinski definition) is 6. The third-order valence-electron chi connectivity index (χ3n) is 7.47. The SMILES string of the molecule is CO[C@@H]1C[C@H]2CN(Cc3cc(C4CCCCC4)no3)C[C@H]2C[C@H]1Nc1ccccn1. The van der Waals surface area contributed by atoms with Crippen LogP contribution < -0.4 is 5.32 Å². The van der Waals surface area contributed by atoms with Gasteiger partial charge in [-0.2, -0.15) is 0 Å². The average Bonchev–Trinajstić information content (AvgIpc) is 3.41. The minimum absolute atomic E-state index is 0.233. The van der Waals surface area contributed by atoms with Gasteiger partial charge in [-0.3, -0.25) is 4.90 Å². The topological polar surface area (TPSA) is 63.4 Å². The normalized spacial score (nSPS) is 30.3. The lowest BCUT2D eigenvalue weighted by molar-refractivity contribution is 0.0304. The Balaban J connectivity index is 1.19. The Labute approximate surface area is 179 Å². The van der Waals surface area contributed by atoms with Crippen LogP contribution in [0.2, 0.25) is 0 Å². The summed E-state index contributed by atoms with van der Waals surface area (Å²) in [5.74, 6) is 3.96. The first kappa shape index (κ1) is 20.0. The molecule has 3 heterocycles. The molecule has 2 aromatic rings. The van der Waals surface area contributed by atoms with Crippen LogP contribution in [0.25, 0.3) is 0 Å². The lowest BCUT2D eigenvalue weighted by atomic mass is 9.77. The van der Waals surface area contributed by atoms with Crippen LogP contribution in [0.5, 0.6) is 0 Å². The van der Waals surface area contributed by atoms with Gasteiger partial charge in [-0.05, 0) is 49.7 Å². The van der Waals surface area contributed by atoms with Gasteiger partial charge in [0.1, 0.15) is 5.82 Å². The number of hydrogen-bond donors (Lipinski definition) is 1. The molecule has 1 N–H and O–H groups in total. The van der Waals surface area contributed by atoms with Gasteiger partial charge in [0.2, 0.25) is 0 Å². The van der Waals surface area contributed by atoms with Crippen molar-refractivity contribution in [2.24, 2.45) is 11.8 Å². The van der Waals surface area contributed by atoms with Crippen molar-refractivity contribution in [1.29, 1.82) is 0 Å². The minimum atomic E-state index is 0.233. The number of pyridine rings is 1. The molecule has 1 aliphatic heterocycles. The second kappa shape index (κ2) is 9.06. The number of ether oxygens (including phenoxy) is 1. The van der Waals surface area contributed by atoms with Gasteiger partial charge in [0.15, 0.2) is 5.76 Å². The van der Waals surface area contributed by atoms with E-state index >= 15 is 0 Å². The Morgan fingerprint density at radius 3 is 2.73 bits per heavy atom. The van der Waals surface area contributed by atoms with Crippen LogP contribution in [0.15, 0.2) is 35.0 Å². The number of nitrogens with one attached hydrogen (secondary N) is 1. The smallest absolute Gasteiger partial charge is 0.150 e. The Morgan fingerprint density at radius 1 is 1.13 bits per heavy atom. The number of likely N-dealkylation sites (tertiary alicyclic amines) is 1. The summed E-state index contributed by atoms with van der Waals surface area (Å²) in [5, 5.41) is 8.03. The summed E-state index contributed by atoms with van der Waals surface area (Å²) in [7, 11) is 1.84. The number of anilines is 1. The van der Waals surface area contributed by atoms with Crippen molar-refractivity contribution in [1.82, 2.24) is 15.0 Å². The standard InChI is InChI=1S/C24H34N4O2/c1-29-23-12-19-15-28(14-18(19)11-22(23)26-24-9-5-6-10-25-24)16-20-13-21(27-30-20)17-7-3-2-4-8-17/h5-6,9-10,13,17-19,22-23H,2-4,7-8,11-12,14-16H2,1H3,(H,25,26)/t18-,19+,22-,23-/m1/s1. The van der Waals surface area contributed by atoms with Crippen molar-refractivity contribution < 1.29 is 9.26 Å². The molecule has 0 aromatic carbocycles. The highest BCUT2D eigenvalue weighted by atomic mass is 16.5. The van der Waals surface area contributed by atoms with E-state index in [2.05, 4.69) is 26.4 Å². The van der Waals surface area contributed by atoms with Gasteiger partial charge >= 0.3 is 0 Å². The highest BCUT2D eigenvalue weighted by Gasteiger charge is 2.42. The molecule has 1 saturated heterocycles. The van der Waals surface area contributed by atoms with Crippen LogP contribution in [-0.2, 0) is 11.3 Å². The molecule has 0 radical (unpaired) electrons. The van der Waals surface area contributed by atoms with Crippen molar-refractivity contribution >= 4 is 5.82 Å². The molecule has 0 spiro atoms. The fourth-order valence-electron chi connectivity index (χ4n) is 5.90. The number of aromatic nitrogens is 2. The number of rotatable bonds is 6. The summed E-state index contributed by atoms with van der Waals surface area (Å²) in [5.41, 5.74) is 1.18. The van der Waals surface area contributed by atoms with Crippen LogP contribution in [-0.4, -0.2) is 47.4 Å². The lowest BCUT2D eigenvalue weighted by Crippen LogP contribution is -2.44. The van der Waals surface area contributed by atoms with Crippen molar-refractivity contribution in [2.45, 2.75) is 69.6 Å². The van der Waals surface area contributed by atoms with Crippen LogP contribution in [0.1, 0.15) is 62.3 Å². The summed E-state index contributed by atoms with van der Waals surface area (Å²) < 4.78 is 11.6. The fourth-order valence-corrected chi connectivity index (χ4v) is 5.90. The van der Waals surface area contributed by atoms with Gasteiger partial charge in [0.25, 0.3) is 0 Å². The van der Waals surface area contributed by atoms with Crippen molar-refractivity contribution in [2.75, 3.05) is 25.5 Å². The molecule has 0 bridgehead atoms. The Hall–Kier alpha value is -1.92. The van der Waals surface area contributed by atoms with E-state index in [-0.39, 0.29) is 6.10 Å². The first-order valence-electron chi connectivity index (χ1n) is 11.7. The summed E-state index contributed by atoms with van der Waals surface area (Å²) >= 11 is 0. The maximum absolute atomic E-state index is 5.87. The predicted molar refractivity (Wildman–Crippen MR) is 116 cm³/mol. The highest BCUT2D eigenvalue weighted by molar-refractivity contribution is 5.35. The Kier molecular flexibility index (Phi) is 6.05. The van der Waals surface area contributed by atoms with Crippen molar-refractivity contribution in [3.05, 3.63) is 41.9 Å². The monoisotopic (exact) mass is 410 g/mol. The molecule has 6 heteroatoms. The van der Waals surface area contributed by atoms with E-state index in [1.165, 1.54) is 37.8 Å². The lowest BCUT2D eigenvalue weighted by Gasteiger charge is -2.37. The van der Waals surface area contributed by atoms with Crippen LogP contribution >= 0.6 is 0 Å². The van der Waals surface area contributed by atoms with Gasteiger partial charge in [-0.25, -0.2) is 4.98 Å². The van der Waals surface area contributed by atoms with E-state index < -0.39 is 0 Å². The molecular weight excluding hydrogens is 376 g/mol. The van der Waals surface area contributed by atoms with E-state index in [0.717, 1.165) is 44.1 Å². The first-order chi connectivity index (χ1) is 14.8. The predicted octanol–water partition coefficient (Wildman–Crippen LogP) is 4.45. The van der Waals surface area contributed by atoms with Gasteiger partial charge in [0.05, 0.1) is 24.4 Å². The Bertz CT molecular complexity index is 805. The summed E-state index contributed by atoms with van der Waals surface area (Å²) in [4.78, 5) is 6.99. The molecule has 5 rings (SSSR count). The molecule has 2 aromatic heterocycles. The zero-order valence-electron chi connectivity index (χ0n) is 18.0. The number of fused-ring (bicyclic) bond motifs is 1. The summed E-state index contributed by atoms with van der Waals surface area (Å²) in [6, 6.07) is 8.55. The van der Waals surface area contributed by atoms with Crippen molar-refractivity contribution in [3.63, 3.8) is 0 Å². The Morgan fingerprint density at radius 2 is 1.97 bits per heavy atom. The fraction of sp³-hybridized carbons (Fsp3) is 0.667. The molecule has 6 nitrogen and oxygen atoms in total. The quantitative estimate of drug-likeness (QED) is 0.759. The van der Waals surface area contributed by atoms with Gasteiger partial charge in [0, 0.05) is 38.4 Å². The highest BCUT2D eigenvalue weighted by Crippen LogP contribution is 2.39. The number of nitrogens with zero attached hydrogens (tertiary/aromatic N) is 3. The molecule has 4 atom stereocenters. The van der Waals surface area contributed by atoms with Gasteiger partial charge in [-0.15, -0.1) is 0 Å². The molecule has 0 unspecified atom stereocenters. The van der Waals surface area contributed by atoms with E-state index in [9.17, 15) is 0 Å². The maximum Gasteiger partial charge on any atom is 0.150 e. The molecule has 3 fully saturated rings. The zero-order chi connectivity index (χ0) is 20.3. The van der Waals surface area contributed by atoms with E-state index in [4.69, 9.17) is 9.26 Å². The first-order valence-corrected chi connectivity index (χ1v) is 11.7. The average molecular weight is 411 g/mol. The van der Waals surface area contributed by atoms with E-state index in [0.29, 0.717) is 23.8 Å². The molecular formula is C24H34N4O2. The second-order valence-corrected chi connectivity index (χ2v) is 9.48. The number of methoxy groups -OCH3 is 1. The maximum atomic E-state index is 5.87. The largest absolute Gasteiger partial charge is 0.379 e. The summed E-state index contributed by atoms with van der Waals surface area (Å²) in [6.45, 7) is 3.13. The molecule has 162 valence electrons. The second-order valence-electron chi connectivity index (χ2n) is 9.48. The van der Waals surface area contributed by atoms with E-state index in [1.807, 2.05) is 31.5 Å². The zero-order valence-corrected chi connectivity index (χ0v) is 18.0. The molecule has 0 amide bonds. The molecule has 3 aliphatic rings. The third kappa shape index (κ3) is 4.40. The third-order valence-corrected chi connectivity index (χ3v) is 7.47. The van der Waals surface area contributed by atoms with Crippen molar-refractivity contribution in [3.8, 4) is 0 Å². The van der Waals surface area contributed by atoms with Crippen LogP contribution in [0.4, 0.5) is 5.82 Å². The van der Waals surface area contributed by atoms with Gasteiger partial charge in [-0.1, -0.05) is 30.5 Å². The molecule has 2 aliphatic carbocycles. The van der Waals surface area contributed by atoms with Crippen LogP contribution in [0, 0.1) is 11.8 Å². The molecule has 2 saturated carbocycles. The van der Waals surface area contributed by atoms with Gasteiger partial charge < -0.3 is 14.6 Å². The summed E-state index contributed by atoms with van der Waals surface area (Å²) in [6.07, 6.45) is 10.9. The van der Waals surface area contributed by atoms with E-state index in [1.54, 1.807) is 0 Å². The van der Waals surface area contributed by atoms with Crippen LogP contribution in [0.3, 0.4) is 0 Å².